The van der Waals surface area contributed by atoms with E-state index in [-0.39, 0.29) is 6.03 Å². The van der Waals surface area contributed by atoms with Crippen LogP contribution in [0, 0.1) is 0 Å². The molecule has 0 rings (SSSR count). The molecule has 2 N–H and O–H groups in total. The molecule has 2 amide bonds. The second-order valence-corrected chi connectivity index (χ2v) is 1.65. The Morgan fingerprint density at radius 2 is 2.40 bits per heavy atom. The highest BCUT2D eigenvalue weighted by Crippen LogP contribution is 1.65. The van der Waals surface area contributed by atoms with Gasteiger partial charge in [0, 0.05) is 13.1 Å². The van der Waals surface area contributed by atoms with E-state index in [1.807, 2.05) is 6.92 Å². The summed E-state index contributed by atoms with van der Waals surface area (Å²) >= 11 is 0. The molecule has 0 aliphatic heterocycles. The summed E-state index contributed by atoms with van der Waals surface area (Å²) in [6, 6.07) is -0.158. The van der Waals surface area contributed by atoms with Gasteiger partial charge in [-0.05, 0) is 13.0 Å². The Kier molecular flexibility index (Phi) is 5.20. The molecule has 0 unspecified atom stereocenters. The Morgan fingerprint density at radius 3 is 2.90 bits per heavy atom. The van der Waals surface area contributed by atoms with Crippen LogP contribution in [0.25, 0.3) is 0 Å². The third-order valence-corrected chi connectivity index (χ3v) is 0.846. The molecule has 0 aromatic heterocycles. The summed E-state index contributed by atoms with van der Waals surface area (Å²) < 4.78 is 0. The average molecular weight is 140 g/mol. The van der Waals surface area contributed by atoms with Crippen LogP contribution in [0.1, 0.15) is 6.92 Å². The van der Waals surface area contributed by atoms with Crippen molar-refractivity contribution in [3.05, 3.63) is 18.4 Å². The van der Waals surface area contributed by atoms with E-state index in [0.29, 0.717) is 13.1 Å². The Morgan fingerprint density at radius 1 is 1.70 bits per heavy atom. The van der Waals surface area contributed by atoms with E-state index >= 15 is 0 Å². The third kappa shape index (κ3) is 4.94. The molecule has 0 bridgehead atoms. The number of hydrogen-bond acceptors (Lipinski definition) is 1. The molecule has 3 nitrogen and oxygen atoms in total. The van der Waals surface area contributed by atoms with Crippen LogP contribution in [0.15, 0.2) is 18.4 Å². The van der Waals surface area contributed by atoms with Crippen LogP contribution in [0.2, 0.25) is 0 Å². The van der Waals surface area contributed by atoms with Crippen molar-refractivity contribution in [3.8, 4) is 0 Å². The lowest BCUT2D eigenvalue weighted by Crippen LogP contribution is -2.35. The zero-order valence-corrected chi connectivity index (χ0v) is 6.11. The van der Waals surface area contributed by atoms with E-state index in [1.165, 1.54) is 0 Å². The molecule has 0 aliphatic carbocycles. The molecular formula is C7H12N2O. The number of hydrogen-bond donors (Lipinski definition) is 2. The lowest BCUT2D eigenvalue weighted by molar-refractivity contribution is 0.242. The first-order valence-electron chi connectivity index (χ1n) is 3.17. The van der Waals surface area contributed by atoms with Crippen LogP contribution in [-0.2, 0) is 0 Å². The maximum atomic E-state index is 10.6. The van der Waals surface area contributed by atoms with Gasteiger partial charge >= 0.3 is 6.03 Å². The van der Waals surface area contributed by atoms with E-state index in [4.69, 9.17) is 0 Å². The third-order valence-electron chi connectivity index (χ3n) is 0.846. The van der Waals surface area contributed by atoms with Gasteiger partial charge in [-0.2, -0.15) is 0 Å². The van der Waals surface area contributed by atoms with Crippen LogP contribution >= 0.6 is 0 Å². The standard InChI is InChI=1S/C7H12N2O/c1-3-5-6-9-7(10)8-4-2/h5H,1,4,6H2,2H3,(H2,8,9,10). The summed E-state index contributed by atoms with van der Waals surface area (Å²) in [6.07, 6.45) is 1.65. The van der Waals surface area contributed by atoms with Crippen molar-refractivity contribution in [1.29, 1.82) is 0 Å². The van der Waals surface area contributed by atoms with E-state index in [0.717, 1.165) is 0 Å². The highest BCUT2D eigenvalue weighted by molar-refractivity contribution is 5.73. The fourth-order valence-corrected chi connectivity index (χ4v) is 0.439. The van der Waals surface area contributed by atoms with E-state index in [2.05, 4.69) is 22.9 Å². The van der Waals surface area contributed by atoms with Crippen LogP contribution in [0.5, 0.6) is 0 Å². The molecule has 56 valence electrons. The molecular weight excluding hydrogens is 128 g/mol. The Balaban J connectivity index is 3.30. The van der Waals surface area contributed by atoms with Gasteiger partial charge in [-0.25, -0.2) is 4.79 Å². The van der Waals surface area contributed by atoms with Crippen molar-refractivity contribution in [2.75, 3.05) is 13.1 Å². The maximum absolute atomic E-state index is 10.6. The molecule has 0 spiro atoms. The normalized spacial score (nSPS) is 7.70. The summed E-state index contributed by atoms with van der Waals surface area (Å²) in [5.74, 6) is 0. The number of urea groups is 1. The van der Waals surface area contributed by atoms with E-state index < -0.39 is 0 Å². The molecule has 10 heavy (non-hydrogen) atoms. The van der Waals surface area contributed by atoms with Gasteiger partial charge in [0.25, 0.3) is 0 Å². The van der Waals surface area contributed by atoms with Gasteiger partial charge in [0.15, 0.2) is 0 Å². The van der Waals surface area contributed by atoms with Crippen molar-refractivity contribution >= 4 is 6.03 Å². The predicted octanol–water partition coefficient (Wildman–Crippen LogP) is 0.647. The highest BCUT2D eigenvalue weighted by atomic mass is 16.2. The molecule has 3 heteroatoms. The summed E-state index contributed by atoms with van der Waals surface area (Å²) in [5, 5.41) is 5.16. The molecule has 0 radical (unpaired) electrons. The van der Waals surface area contributed by atoms with Gasteiger partial charge < -0.3 is 10.6 Å². The Hall–Kier alpha value is -1.21. The van der Waals surface area contributed by atoms with E-state index in [9.17, 15) is 4.79 Å². The second kappa shape index (κ2) is 5.92. The average Bonchev–Trinajstić information content (AvgIpc) is 1.89. The number of amides is 2. The number of nitrogens with one attached hydrogen (secondary N) is 2. The quantitative estimate of drug-likeness (QED) is 0.555. The summed E-state index contributed by atoms with van der Waals surface area (Å²) in [4.78, 5) is 10.6. The fourth-order valence-electron chi connectivity index (χ4n) is 0.439. The molecule has 0 aliphatic rings. The summed E-state index contributed by atoms with van der Waals surface area (Å²) in [7, 11) is 0. The SMILES string of the molecule is C=C=CCNC(=O)NCC. The van der Waals surface area contributed by atoms with Gasteiger partial charge in [-0.1, -0.05) is 6.58 Å². The first-order valence-corrected chi connectivity index (χ1v) is 3.17. The highest BCUT2D eigenvalue weighted by Gasteiger charge is 1.91. The molecule has 0 heterocycles. The first-order chi connectivity index (χ1) is 4.81. The number of carbonyl (C=O) groups is 1. The number of carbonyl (C=O) groups excluding carboxylic acids is 1. The first kappa shape index (κ1) is 8.79. The largest absolute Gasteiger partial charge is 0.338 e. The fraction of sp³-hybridized carbons (Fsp3) is 0.429. The topological polar surface area (TPSA) is 41.1 Å². The van der Waals surface area contributed by atoms with Crippen molar-refractivity contribution < 1.29 is 4.79 Å². The summed E-state index contributed by atoms with van der Waals surface area (Å²) in [6.45, 7) is 6.34. The smallest absolute Gasteiger partial charge is 0.315 e. The van der Waals surface area contributed by atoms with E-state index in [1.54, 1.807) is 6.08 Å². The van der Waals surface area contributed by atoms with Crippen molar-refractivity contribution in [1.82, 2.24) is 10.6 Å². The van der Waals surface area contributed by atoms with Gasteiger partial charge in [0.2, 0.25) is 0 Å². The van der Waals surface area contributed by atoms with Crippen LogP contribution in [-0.4, -0.2) is 19.1 Å². The monoisotopic (exact) mass is 140 g/mol. The second-order valence-electron chi connectivity index (χ2n) is 1.65. The predicted molar refractivity (Wildman–Crippen MR) is 40.8 cm³/mol. The lowest BCUT2D eigenvalue weighted by atomic mass is 10.6. The molecule has 0 aromatic carbocycles. The van der Waals surface area contributed by atoms with Crippen molar-refractivity contribution in [2.24, 2.45) is 0 Å². The van der Waals surface area contributed by atoms with Crippen molar-refractivity contribution in [2.45, 2.75) is 6.92 Å². The zero-order chi connectivity index (χ0) is 7.82. The molecule has 0 aromatic rings. The minimum Gasteiger partial charge on any atom is -0.338 e. The minimum atomic E-state index is -0.158. The Labute approximate surface area is 60.8 Å². The Bertz CT molecular complexity index is 148. The van der Waals surface area contributed by atoms with Gasteiger partial charge in [-0.15, -0.1) is 5.73 Å². The van der Waals surface area contributed by atoms with Crippen LogP contribution in [0.4, 0.5) is 4.79 Å². The number of rotatable bonds is 3. The van der Waals surface area contributed by atoms with Gasteiger partial charge in [0.1, 0.15) is 0 Å². The molecule has 0 fully saturated rings. The zero-order valence-electron chi connectivity index (χ0n) is 6.11. The van der Waals surface area contributed by atoms with Crippen LogP contribution < -0.4 is 10.6 Å². The maximum Gasteiger partial charge on any atom is 0.315 e. The van der Waals surface area contributed by atoms with Crippen molar-refractivity contribution in [3.63, 3.8) is 0 Å². The summed E-state index contributed by atoms with van der Waals surface area (Å²) in [5.41, 5.74) is 2.55. The van der Waals surface area contributed by atoms with Gasteiger partial charge in [-0.3, -0.25) is 0 Å². The lowest BCUT2D eigenvalue weighted by Gasteiger charge is -2.00. The van der Waals surface area contributed by atoms with Gasteiger partial charge in [0.05, 0.1) is 0 Å². The molecule has 0 atom stereocenters. The minimum absolute atomic E-state index is 0.158. The molecule has 0 saturated heterocycles. The molecule has 0 saturated carbocycles. The van der Waals surface area contributed by atoms with Crippen LogP contribution in [0.3, 0.4) is 0 Å².